The highest BCUT2D eigenvalue weighted by molar-refractivity contribution is 5.68. The summed E-state index contributed by atoms with van der Waals surface area (Å²) in [7, 11) is 1.77. The molecule has 0 saturated heterocycles. The average Bonchev–Trinajstić information content (AvgIpc) is 2.33. The van der Waals surface area contributed by atoms with Crippen molar-refractivity contribution in [3.8, 4) is 0 Å². The van der Waals surface area contributed by atoms with E-state index in [4.69, 9.17) is 9.47 Å². The quantitative estimate of drug-likeness (QED) is 0.819. The van der Waals surface area contributed by atoms with Crippen LogP contribution in [0.1, 0.15) is 60.3 Å². The maximum atomic E-state index is 11.9. The van der Waals surface area contributed by atoms with Crippen LogP contribution in [0.2, 0.25) is 0 Å². The van der Waals surface area contributed by atoms with Gasteiger partial charge in [-0.15, -0.1) is 0 Å². The van der Waals surface area contributed by atoms with Gasteiger partial charge in [-0.25, -0.2) is 4.79 Å². The fraction of sp³-hybridized carbons (Fsp3) is 0.938. The van der Waals surface area contributed by atoms with Gasteiger partial charge < -0.3 is 20.1 Å². The molecule has 124 valence electrons. The van der Waals surface area contributed by atoms with E-state index in [1.807, 2.05) is 34.6 Å². The molecule has 21 heavy (non-hydrogen) atoms. The second-order valence-electron chi connectivity index (χ2n) is 7.56. The van der Waals surface area contributed by atoms with Gasteiger partial charge in [0.2, 0.25) is 0 Å². The van der Waals surface area contributed by atoms with Crippen LogP contribution < -0.4 is 10.6 Å². The van der Waals surface area contributed by atoms with Gasteiger partial charge in [-0.2, -0.15) is 0 Å². The van der Waals surface area contributed by atoms with E-state index in [2.05, 4.69) is 10.6 Å². The average molecular weight is 300 g/mol. The molecule has 2 atom stereocenters. The van der Waals surface area contributed by atoms with Gasteiger partial charge in [0.25, 0.3) is 0 Å². The molecule has 0 bridgehead atoms. The smallest absolute Gasteiger partial charge is 0.408 e. The predicted molar refractivity (Wildman–Crippen MR) is 84.5 cm³/mol. The van der Waals surface area contributed by atoms with Gasteiger partial charge in [0.05, 0.1) is 11.6 Å². The summed E-state index contributed by atoms with van der Waals surface area (Å²) in [5.74, 6) is 0. The van der Waals surface area contributed by atoms with Crippen molar-refractivity contribution in [3.05, 3.63) is 0 Å². The molecule has 0 radical (unpaired) electrons. The molecule has 0 spiro atoms. The first-order valence-corrected chi connectivity index (χ1v) is 7.90. The molecule has 0 aromatic heterocycles. The van der Waals surface area contributed by atoms with Crippen LogP contribution in [0.5, 0.6) is 0 Å². The molecule has 1 aliphatic rings. The minimum absolute atomic E-state index is 0.274. The number of ether oxygens (including phenoxy) is 2. The highest BCUT2D eigenvalue weighted by atomic mass is 16.6. The summed E-state index contributed by atoms with van der Waals surface area (Å²) in [5, 5.41) is 6.46. The van der Waals surface area contributed by atoms with Crippen LogP contribution in [-0.2, 0) is 9.47 Å². The molecule has 0 aromatic carbocycles. The van der Waals surface area contributed by atoms with Crippen molar-refractivity contribution in [1.29, 1.82) is 0 Å². The molecule has 1 saturated carbocycles. The topological polar surface area (TPSA) is 59.6 Å². The van der Waals surface area contributed by atoms with Gasteiger partial charge in [-0.1, -0.05) is 12.8 Å². The zero-order valence-corrected chi connectivity index (χ0v) is 14.4. The van der Waals surface area contributed by atoms with Crippen LogP contribution in [0.15, 0.2) is 0 Å². The Balaban J connectivity index is 2.42. The van der Waals surface area contributed by atoms with Crippen molar-refractivity contribution >= 4 is 6.09 Å². The second kappa shape index (κ2) is 7.45. The Labute approximate surface area is 129 Å². The fourth-order valence-corrected chi connectivity index (χ4v) is 2.62. The van der Waals surface area contributed by atoms with E-state index in [0.29, 0.717) is 12.6 Å². The minimum atomic E-state index is -0.474. The summed E-state index contributed by atoms with van der Waals surface area (Å²) >= 11 is 0. The number of carbonyl (C=O) groups excluding carboxylic acids is 1. The molecule has 0 aliphatic heterocycles. The van der Waals surface area contributed by atoms with E-state index >= 15 is 0 Å². The molecular weight excluding hydrogens is 268 g/mol. The fourth-order valence-electron chi connectivity index (χ4n) is 2.62. The summed E-state index contributed by atoms with van der Waals surface area (Å²) in [4.78, 5) is 11.9. The Morgan fingerprint density at radius 2 is 1.76 bits per heavy atom. The number of hydrogen-bond donors (Lipinski definition) is 2. The predicted octanol–water partition coefficient (Wildman–Crippen LogP) is 2.84. The lowest BCUT2D eigenvalue weighted by Gasteiger charge is -2.35. The maximum Gasteiger partial charge on any atom is 0.408 e. The summed E-state index contributed by atoms with van der Waals surface area (Å²) in [6.45, 7) is 10.3. The zero-order valence-electron chi connectivity index (χ0n) is 14.4. The number of carbonyl (C=O) groups is 1. The molecule has 5 nitrogen and oxygen atoms in total. The number of methoxy groups -OCH3 is 1. The van der Waals surface area contributed by atoms with Crippen molar-refractivity contribution in [1.82, 2.24) is 10.6 Å². The van der Waals surface area contributed by atoms with Crippen molar-refractivity contribution in [3.63, 3.8) is 0 Å². The molecule has 5 heteroatoms. The van der Waals surface area contributed by atoms with E-state index in [1.54, 1.807) is 7.11 Å². The zero-order chi connectivity index (χ0) is 16.1. The number of alkyl carbamates (subject to hydrolysis) is 1. The third-order valence-corrected chi connectivity index (χ3v) is 3.65. The van der Waals surface area contributed by atoms with Gasteiger partial charge in [0, 0.05) is 19.7 Å². The first kappa shape index (κ1) is 18.2. The maximum absolute atomic E-state index is 11.9. The molecule has 0 aromatic rings. The number of nitrogens with one attached hydrogen (secondary N) is 2. The third kappa shape index (κ3) is 7.14. The molecular formula is C16H32N2O3. The Bertz CT molecular complexity index is 337. The highest BCUT2D eigenvalue weighted by Crippen LogP contribution is 2.21. The number of amides is 1. The van der Waals surface area contributed by atoms with Gasteiger partial charge in [-0.3, -0.25) is 0 Å². The van der Waals surface area contributed by atoms with Crippen LogP contribution >= 0.6 is 0 Å². The van der Waals surface area contributed by atoms with E-state index < -0.39 is 5.60 Å². The Morgan fingerprint density at radius 3 is 2.33 bits per heavy atom. The second-order valence-corrected chi connectivity index (χ2v) is 7.56. The Hall–Kier alpha value is -0.810. The summed E-state index contributed by atoms with van der Waals surface area (Å²) < 4.78 is 10.8. The van der Waals surface area contributed by atoms with Gasteiger partial charge in [-0.05, 0) is 47.5 Å². The van der Waals surface area contributed by atoms with Gasteiger partial charge in [0.15, 0.2) is 0 Å². The molecule has 2 N–H and O–H groups in total. The van der Waals surface area contributed by atoms with Crippen LogP contribution in [0, 0.1) is 0 Å². The van der Waals surface area contributed by atoms with Crippen molar-refractivity contribution < 1.29 is 14.3 Å². The monoisotopic (exact) mass is 300 g/mol. The van der Waals surface area contributed by atoms with Gasteiger partial charge in [0.1, 0.15) is 5.60 Å². The number of rotatable bonds is 5. The van der Waals surface area contributed by atoms with E-state index in [9.17, 15) is 4.79 Å². The Morgan fingerprint density at radius 1 is 1.14 bits per heavy atom. The van der Waals surface area contributed by atoms with Crippen LogP contribution in [-0.4, -0.2) is 43.0 Å². The standard InChI is InChI=1S/C16H32N2O3/c1-15(2,3)21-14(19)18-16(4,5)11-17-12-9-7-8-10-13(12)20-6/h12-13,17H,7-11H2,1-6H3,(H,18,19). The van der Waals surface area contributed by atoms with E-state index in [-0.39, 0.29) is 17.7 Å². The van der Waals surface area contributed by atoms with Gasteiger partial charge >= 0.3 is 6.09 Å². The lowest BCUT2D eigenvalue weighted by atomic mass is 9.91. The van der Waals surface area contributed by atoms with Crippen LogP contribution in [0.3, 0.4) is 0 Å². The first-order chi connectivity index (χ1) is 9.63. The first-order valence-electron chi connectivity index (χ1n) is 7.90. The summed E-state index contributed by atoms with van der Waals surface area (Å²) in [6, 6.07) is 0.364. The molecule has 2 unspecified atom stereocenters. The highest BCUT2D eigenvalue weighted by Gasteiger charge is 2.29. The normalized spacial score (nSPS) is 23.7. The molecule has 1 rings (SSSR count). The molecule has 1 fully saturated rings. The van der Waals surface area contributed by atoms with Crippen LogP contribution in [0.4, 0.5) is 4.79 Å². The van der Waals surface area contributed by atoms with Crippen molar-refractivity contribution in [2.24, 2.45) is 0 Å². The summed E-state index contributed by atoms with van der Waals surface area (Å²) in [5.41, 5.74) is -0.837. The van der Waals surface area contributed by atoms with E-state index in [1.165, 1.54) is 12.8 Å². The number of hydrogen-bond acceptors (Lipinski definition) is 4. The molecule has 1 amide bonds. The van der Waals surface area contributed by atoms with Crippen molar-refractivity contribution in [2.45, 2.75) is 83.6 Å². The Kier molecular flexibility index (Phi) is 6.47. The molecule has 1 aliphatic carbocycles. The largest absolute Gasteiger partial charge is 0.444 e. The van der Waals surface area contributed by atoms with E-state index in [0.717, 1.165) is 12.8 Å². The third-order valence-electron chi connectivity index (χ3n) is 3.65. The SMILES string of the molecule is COC1CCCCC1NCC(C)(C)NC(=O)OC(C)(C)C. The summed E-state index contributed by atoms with van der Waals surface area (Å²) in [6.07, 6.45) is 4.60. The lowest BCUT2D eigenvalue weighted by Crippen LogP contribution is -2.55. The minimum Gasteiger partial charge on any atom is -0.444 e. The lowest BCUT2D eigenvalue weighted by molar-refractivity contribution is 0.0362. The van der Waals surface area contributed by atoms with Crippen molar-refractivity contribution in [2.75, 3.05) is 13.7 Å². The van der Waals surface area contributed by atoms with Crippen LogP contribution in [0.25, 0.3) is 0 Å². The molecule has 0 heterocycles.